The number of nitrogens with one attached hydrogen (secondary N) is 3. The van der Waals surface area contributed by atoms with E-state index in [1.165, 1.54) is 7.11 Å². The Morgan fingerprint density at radius 2 is 1.71 bits per heavy atom. The number of rotatable bonds is 6. The molecule has 0 unspecified atom stereocenters. The van der Waals surface area contributed by atoms with Gasteiger partial charge in [-0.05, 0) is 42.0 Å². The van der Waals surface area contributed by atoms with Gasteiger partial charge in [-0.15, -0.1) is 0 Å². The van der Waals surface area contributed by atoms with Gasteiger partial charge in [0.15, 0.2) is 5.69 Å². The van der Waals surface area contributed by atoms with Crippen LogP contribution in [0.2, 0.25) is 0 Å². The fraction of sp³-hybridized carbons (Fsp3) is 0.150. The molecular formula is C20H17F3N4O4. The molecule has 0 saturated carbocycles. The first-order valence-corrected chi connectivity index (χ1v) is 8.86. The van der Waals surface area contributed by atoms with Crippen molar-refractivity contribution in [2.24, 2.45) is 0 Å². The van der Waals surface area contributed by atoms with E-state index in [-0.39, 0.29) is 17.9 Å². The summed E-state index contributed by atoms with van der Waals surface area (Å²) in [5.74, 6) is -0.549. The highest BCUT2D eigenvalue weighted by Crippen LogP contribution is 2.29. The van der Waals surface area contributed by atoms with Crippen molar-refractivity contribution in [3.05, 3.63) is 71.2 Å². The lowest BCUT2D eigenvalue weighted by molar-refractivity contribution is -0.137. The normalized spacial score (nSPS) is 11.1. The average molecular weight is 434 g/mol. The van der Waals surface area contributed by atoms with Crippen LogP contribution in [0.15, 0.2) is 48.5 Å². The standard InChI is InChI=1S/C20H17F3N4O4/c1-31-14-8-2-11(3-9-14)10-15-25-16(18(28)29)17(26-15)27-19(30)24-13-6-4-12(5-7-13)20(21,22)23/h2-9H,10H2,1H3,(H,25,26)(H,28,29)(H2,24,27,30). The second-order valence-electron chi connectivity index (χ2n) is 6.39. The first-order valence-electron chi connectivity index (χ1n) is 8.86. The minimum atomic E-state index is -4.49. The van der Waals surface area contributed by atoms with Gasteiger partial charge in [0.05, 0.1) is 12.7 Å². The molecule has 3 rings (SSSR count). The van der Waals surface area contributed by atoms with E-state index in [1.807, 2.05) is 0 Å². The highest BCUT2D eigenvalue weighted by Gasteiger charge is 2.30. The zero-order valence-electron chi connectivity index (χ0n) is 16.1. The lowest BCUT2D eigenvalue weighted by Gasteiger charge is -2.09. The van der Waals surface area contributed by atoms with Gasteiger partial charge in [0.2, 0.25) is 0 Å². The van der Waals surface area contributed by atoms with Gasteiger partial charge in [-0.1, -0.05) is 12.1 Å². The number of urea groups is 1. The molecule has 31 heavy (non-hydrogen) atoms. The Labute approximate surface area is 174 Å². The second kappa shape index (κ2) is 8.78. The van der Waals surface area contributed by atoms with Crippen molar-refractivity contribution in [3.63, 3.8) is 0 Å². The van der Waals surface area contributed by atoms with E-state index in [1.54, 1.807) is 24.3 Å². The first-order chi connectivity index (χ1) is 14.7. The van der Waals surface area contributed by atoms with E-state index >= 15 is 0 Å². The number of imidazole rings is 1. The van der Waals surface area contributed by atoms with Crippen LogP contribution < -0.4 is 15.4 Å². The van der Waals surface area contributed by atoms with Crippen molar-refractivity contribution in [2.75, 3.05) is 17.7 Å². The topological polar surface area (TPSA) is 116 Å². The number of H-pyrrole nitrogens is 1. The summed E-state index contributed by atoms with van der Waals surface area (Å²) in [6.07, 6.45) is -4.22. The molecule has 0 bridgehead atoms. The number of hydrogen-bond acceptors (Lipinski definition) is 4. The Morgan fingerprint density at radius 1 is 1.06 bits per heavy atom. The fourth-order valence-electron chi connectivity index (χ4n) is 2.71. The number of halogens is 3. The summed E-state index contributed by atoms with van der Waals surface area (Å²) < 4.78 is 42.9. The molecule has 0 radical (unpaired) electrons. The maximum Gasteiger partial charge on any atom is 0.416 e. The number of anilines is 2. The molecular weight excluding hydrogens is 417 g/mol. The summed E-state index contributed by atoms with van der Waals surface area (Å²) in [6, 6.07) is 10.0. The van der Waals surface area contributed by atoms with Crippen LogP contribution >= 0.6 is 0 Å². The van der Waals surface area contributed by atoms with Crippen LogP contribution in [0, 0.1) is 0 Å². The third kappa shape index (κ3) is 5.53. The Kier molecular flexibility index (Phi) is 6.14. The smallest absolute Gasteiger partial charge is 0.416 e. The monoisotopic (exact) mass is 434 g/mol. The number of benzene rings is 2. The molecule has 0 spiro atoms. The van der Waals surface area contributed by atoms with Gasteiger partial charge in [0.25, 0.3) is 0 Å². The van der Waals surface area contributed by atoms with Gasteiger partial charge < -0.3 is 20.1 Å². The van der Waals surface area contributed by atoms with Crippen molar-refractivity contribution >= 4 is 23.5 Å². The van der Waals surface area contributed by atoms with Gasteiger partial charge >= 0.3 is 18.2 Å². The minimum Gasteiger partial charge on any atom is -0.497 e. The predicted octanol–water partition coefficient (Wildman–Crippen LogP) is 4.37. The summed E-state index contributed by atoms with van der Waals surface area (Å²) in [5, 5.41) is 14.0. The number of hydrogen-bond donors (Lipinski definition) is 4. The summed E-state index contributed by atoms with van der Waals surface area (Å²) >= 11 is 0. The van der Waals surface area contributed by atoms with Crippen LogP contribution in [0.25, 0.3) is 0 Å². The molecule has 3 aromatic rings. The number of carbonyl (C=O) groups excluding carboxylic acids is 1. The quantitative estimate of drug-likeness (QED) is 0.460. The van der Waals surface area contributed by atoms with Crippen molar-refractivity contribution in [3.8, 4) is 5.75 Å². The zero-order chi connectivity index (χ0) is 22.6. The van der Waals surface area contributed by atoms with Crippen molar-refractivity contribution in [2.45, 2.75) is 12.6 Å². The van der Waals surface area contributed by atoms with Crippen molar-refractivity contribution < 1.29 is 32.6 Å². The van der Waals surface area contributed by atoms with E-state index in [0.29, 0.717) is 11.6 Å². The molecule has 0 aliphatic rings. The Bertz CT molecular complexity index is 1080. The van der Waals surface area contributed by atoms with Gasteiger partial charge in [-0.25, -0.2) is 14.6 Å². The highest BCUT2D eigenvalue weighted by atomic mass is 19.4. The highest BCUT2D eigenvalue weighted by molar-refractivity contribution is 6.03. The van der Waals surface area contributed by atoms with Crippen LogP contribution in [-0.4, -0.2) is 34.2 Å². The van der Waals surface area contributed by atoms with E-state index < -0.39 is 29.4 Å². The number of carboxylic acid groups (broad SMARTS) is 1. The lowest BCUT2D eigenvalue weighted by Crippen LogP contribution is -2.21. The number of aromatic amines is 1. The number of methoxy groups -OCH3 is 1. The number of aromatic carboxylic acids is 1. The van der Waals surface area contributed by atoms with Gasteiger partial charge in [-0.2, -0.15) is 13.2 Å². The third-order valence-corrected chi connectivity index (χ3v) is 4.19. The van der Waals surface area contributed by atoms with E-state index in [4.69, 9.17) is 4.74 Å². The number of ether oxygens (including phenoxy) is 1. The molecule has 11 heteroatoms. The molecule has 8 nitrogen and oxygen atoms in total. The summed E-state index contributed by atoms with van der Waals surface area (Å²) in [5.41, 5.74) is -0.331. The predicted molar refractivity (Wildman–Crippen MR) is 105 cm³/mol. The molecule has 162 valence electrons. The van der Waals surface area contributed by atoms with E-state index in [9.17, 15) is 27.9 Å². The zero-order valence-corrected chi connectivity index (χ0v) is 16.1. The molecule has 0 atom stereocenters. The average Bonchev–Trinajstić information content (AvgIpc) is 3.10. The number of aromatic nitrogens is 2. The maximum absolute atomic E-state index is 12.6. The number of amides is 2. The van der Waals surface area contributed by atoms with Crippen molar-refractivity contribution in [1.29, 1.82) is 0 Å². The fourth-order valence-corrected chi connectivity index (χ4v) is 2.71. The van der Waals surface area contributed by atoms with Crippen LogP contribution in [0.4, 0.5) is 29.5 Å². The second-order valence-corrected chi connectivity index (χ2v) is 6.39. The lowest BCUT2D eigenvalue weighted by atomic mass is 10.1. The number of carbonyl (C=O) groups is 2. The third-order valence-electron chi connectivity index (χ3n) is 4.19. The first kappa shape index (κ1) is 21.7. The molecule has 0 saturated heterocycles. The Morgan fingerprint density at radius 3 is 2.26 bits per heavy atom. The Hall–Kier alpha value is -4.02. The number of carboxylic acids is 1. The summed E-state index contributed by atoms with van der Waals surface area (Å²) in [7, 11) is 1.54. The molecule has 2 amide bonds. The molecule has 0 aliphatic carbocycles. The van der Waals surface area contributed by atoms with E-state index in [2.05, 4.69) is 20.6 Å². The number of nitrogens with zero attached hydrogens (tertiary/aromatic N) is 1. The van der Waals surface area contributed by atoms with Crippen LogP contribution in [0.3, 0.4) is 0 Å². The summed E-state index contributed by atoms with van der Waals surface area (Å²) in [4.78, 5) is 30.4. The van der Waals surface area contributed by atoms with E-state index in [0.717, 1.165) is 29.8 Å². The van der Waals surface area contributed by atoms with Crippen LogP contribution in [0.1, 0.15) is 27.4 Å². The molecule has 1 aromatic heterocycles. The minimum absolute atomic E-state index is 0.0975. The van der Waals surface area contributed by atoms with Gasteiger partial charge in [0.1, 0.15) is 17.4 Å². The molecule has 0 fully saturated rings. The number of alkyl halides is 3. The summed E-state index contributed by atoms with van der Waals surface area (Å²) in [6.45, 7) is 0. The molecule has 2 aromatic carbocycles. The molecule has 4 N–H and O–H groups in total. The Balaban J connectivity index is 1.71. The van der Waals surface area contributed by atoms with Crippen LogP contribution in [0.5, 0.6) is 5.75 Å². The van der Waals surface area contributed by atoms with Crippen LogP contribution in [-0.2, 0) is 12.6 Å². The molecule has 0 aliphatic heterocycles. The SMILES string of the molecule is COc1ccc(Cc2nc(C(=O)O)c(NC(=O)Nc3ccc(C(F)(F)F)cc3)[nH]2)cc1. The van der Waals surface area contributed by atoms with Gasteiger partial charge in [0, 0.05) is 12.1 Å². The van der Waals surface area contributed by atoms with Gasteiger partial charge in [-0.3, -0.25) is 5.32 Å². The van der Waals surface area contributed by atoms with Crippen molar-refractivity contribution in [1.82, 2.24) is 9.97 Å². The molecule has 1 heterocycles. The largest absolute Gasteiger partial charge is 0.497 e. The maximum atomic E-state index is 12.6.